The minimum absolute atomic E-state index is 0.287. The molecule has 0 atom stereocenters. The zero-order chi connectivity index (χ0) is 12.8. The number of methoxy groups -OCH3 is 1. The summed E-state index contributed by atoms with van der Waals surface area (Å²) in [4.78, 5) is 11.7. The topological polar surface area (TPSA) is 50.4 Å². The molecule has 0 aromatic heterocycles. The van der Waals surface area contributed by atoms with Gasteiger partial charge in [-0.05, 0) is 18.6 Å². The van der Waals surface area contributed by atoms with Crippen LogP contribution in [0.4, 0.5) is 0 Å². The molecular weight excluding hydrogens is 263 g/mol. The number of carbonyl (C=O) groups is 1. The highest BCUT2D eigenvalue weighted by atomic mass is 35.5. The average Bonchev–Trinajstić information content (AvgIpc) is 2.28. The number of ether oxygens (including phenoxy) is 1. The summed E-state index contributed by atoms with van der Waals surface area (Å²) in [7, 11) is 1.47. The Morgan fingerprint density at radius 1 is 1.35 bits per heavy atom. The molecule has 0 radical (unpaired) electrons. The van der Waals surface area contributed by atoms with Gasteiger partial charge in [-0.25, -0.2) is 5.43 Å². The van der Waals surface area contributed by atoms with Crippen LogP contribution in [0.1, 0.15) is 23.7 Å². The first-order chi connectivity index (χ1) is 8.10. The molecule has 1 aromatic rings. The molecule has 0 spiro atoms. The van der Waals surface area contributed by atoms with E-state index in [0.717, 1.165) is 6.42 Å². The summed E-state index contributed by atoms with van der Waals surface area (Å²) in [6.45, 7) is 2.70. The quantitative estimate of drug-likeness (QED) is 0.642. The summed E-state index contributed by atoms with van der Waals surface area (Å²) >= 11 is 11.9. The van der Waals surface area contributed by atoms with Gasteiger partial charge >= 0.3 is 0 Å². The lowest BCUT2D eigenvalue weighted by Crippen LogP contribution is -2.37. The van der Waals surface area contributed by atoms with Crippen LogP contribution in [0.3, 0.4) is 0 Å². The molecule has 0 unspecified atom stereocenters. The molecule has 1 rings (SSSR count). The van der Waals surface area contributed by atoms with Crippen LogP contribution in [-0.4, -0.2) is 19.6 Å². The molecule has 0 aliphatic heterocycles. The smallest absolute Gasteiger partial charge is 0.265 e. The maximum atomic E-state index is 11.7. The Morgan fingerprint density at radius 3 is 2.41 bits per heavy atom. The fraction of sp³-hybridized carbons (Fsp3) is 0.364. The molecule has 0 fully saturated rings. The van der Waals surface area contributed by atoms with E-state index in [1.165, 1.54) is 19.2 Å². The highest BCUT2D eigenvalue weighted by Gasteiger charge is 2.12. The van der Waals surface area contributed by atoms with Crippen LogP contribution < -0.4 is 15.6 Å². The molecule has 1 amide bonds. The second kappa shape index (κ2) is 6.69. The van der Waals surface area contributed by atoms with Gasteiger partial charge in [0.05, 0.1) is 17.2 Å². The average molecular weight is 277 g/mol. The Hall–Kier alpha value is -0.970. The van der Waals surface area contributed by atoms with E-state index in [9.17, 15) is 4.79 Å². The lowest BCUT2D eigenvalue weighted by molar-refractivity contribution is 0.0933. The number of nitrogens with one attached hydrogen (secondary N) is 2. The molecule has 17 heavy (non-hydrogen) atoms. The predicted molar refractivity (Wildman–Crippen MR) is 68.8 cm³/mol. The Balaban J connectivity index is 2.81. The lowest BCUT2D eigenvalue weighted by atomic mass is 10.2. The van der Waals surface area contributed by atoms with Gasteiger partial charge in [0, 0.05) is 12.1 Å². The molecule has 94 valence electrons. The summed E-state index contributed by atoms with van der Waals surface area (Å²) in [6, 6.07) is 3.02. The van der Waals surface area contributed by atoms with Gasteiger partial charge in [0.2, 0.25) is 0 Å². The fourth-order valence-electron chi connectivity index (χ4n) is 1.23. The van der Waals surface area contributed by atoms with Gasteiger partial charge in [-0.1, -0.05) is 30.1 Å². The summed E-state index contributed by atoms with van der Waals surface area (Å²) in [5.74, 6) is 0.0799. The van der Waals surface area contributed by atoms with Gasteiger partial charge in [-0.3, -0.25) is 10.2 Å². The van der Waals surface area contributed by atoms with Crippen LogP contribution in [0.25, 0.3) is 0 Å². The molecule has 0 aliphatic carbocycles. The maximum Gasteiger partial charge on any atom is 0.265 e. The molecule has 0 saturated carbocycles. The molecular formula is C11H14Cl2N2O2. The molecule has 0 bridgehead atoms. The number of benzene rings is 1. The summed E-state index contributed by atoms with van der Waals surface area (Å²) in [6.07, 6.45) is 0.921. The third-order valence-electron chi connectivity index (χ3n) is 2.04. The third kappa shape index (κ3) is 3.77. The van der Waals surface area contributed by atoms with Crippen molar-refractivity contribution >= 4 is 29.1 Å². The van der Waals surface area contributed by atoms with Crippen molar-refractivity contribution in [2.24, 2.45) is 0 Å². The van der Waals surface area contributed by atoms with Crippen molar-refractivity contribution in [3.63, 3.8) is 0 Å². The molecule has 0 heterocycles. The molecule has 4 nitrogen and oxygen atoms in total. The third-order valence-corrected chi connectivity index (χ3v) is 2.60. The van der Waals surface area contributed by atoms with E-state index in [-0.39, 0.29) is 5.91 Å². The Labute approximate surface area is 110 Å². The zero-order valence-corrected chi connectivity index (χ0v) is 11.2. The monoisotopic (exact) mass is 276 g/mol. The molecule has 6 heteroatoms. The van der Waals surface area contributed by atoms with Crippen LogP contribution in [0.2, 0.25) is 10.0 Å². The number of rotatable bonds is 5. The van der Waals surface area contributed by atoms with Gasteiger partial charge in [0.15, 0.2) is 5.75 Å². The van der Waals surface area contributed by atoms with Crippen molar-refractivity contribution < 1.29 is 9.53 Å². The van der Waals surface area contributed by atoms with Crippen molar-refractivity contribution in [3.05, 3.63) is 27.7 Å². The second-order valence-electron chi connectivity index (χ2n) is 3.35. The van der Waals surface area contributed by atoms with Gasteiger partial charge in [-0.15, -0.1) is 0 Å². The Kier molecular flexibility index (Phi) is 5.55. The summed E-state index contributed by atoms with van der Waals surface area (Å²) < 4.78 is 5.00. The molecule has 0 saturated heterocycles. The number of hydrogen-bond donors (Lipinski definition) is 2. The SMILES string of the molecule is CCCNNC(=O)c1cc(Cl)c(OC)c(Cl)c1. The minimum atomic E-state index is -0.287. The molecule has 2 N–H and O–H groups in total. The Morgan fingerprint density at radius 2 is 1.94 bits per heavy atom. The Bertz CT molecular complexity index is 387. The van der Waals surface area contributed by atoms with Gasteiger partial charge < -0.3 is 4.74 Å². The van der Waals surface area contributed by atoms with Crippen molar-refractivity contribution in [3.8, 4) is 5.75 Å². The van der Waals surface area contributed by atoms with E-state index >= 15 is 0 Å². The van der Waals surface area contributed by atoms with Crippen LogP contribution in [0, 0.1) is 0 Å². The lowest BCUT2D eigenvalue weighted by Gasteiger charge is -2.09. The fourth-order valence-corrected chi connectivity index (χ4v) is 1.87. The summed E-state index contributed by atoms with van der Waals surface area (Å²) in [5, 5.41) is 0.612. The number of carbonyl (C=O) groups excluding carboxylic acids is 1. The molecule has 0 aliphatic rings. The van der Waals surface area contributed by atoms with Crippen molar-refractivity contribution in [2.45, 2.75) is 13.3 Å². The van der Waals surface area contributed by atoms with Crippen LogP contribution in [0.5, 0.6) is 5.75 Å². The van der Waals surface area contributed by atoms with E-state index in [1.807, 2.05) is 6.92 Å². The van der Waals surface area contributed by atoms with Crippen molar-refractivity contribution in [1.82, 2.24) is 10.9 Å². The van der Waals surface area contributed by atoms with E-state index < -0.39 is 0 Å². The number of halogens is 2. The highest BCUT2D eigenvalue weighted by molar-refractivity contribution is 6.37. The predicted octanol–water partition coefficient (Wildman–Crippen LogP) is 2.65. The largest absolute Gasteiger partial charge is 0.494 e. The number of hydrogen-bond acceptors (Lipinski definition) is 3. The second-order valence-corrected chi connectivity index (χ2v) is 4.17. The first-order valence-corrected chi connectivity index (χ1v) is 5.92. The number of hydrazine groups is 1. The first kappa shape index (κ1) is 14.1. The maximum absolute atomic E-state index is 11.7. The van der Waals surface area contributed by atoms with Gasteiger partial charge in [0.1, 0.15) is 0 Å². The zero-order valence-electron chi connectivity index (χ0n) is 9.64. The summed E-state index contributed by atoms with van der Waals surface area (Å²) in [5.41, 5.74) is 5.71. The van der Waals surface area contributed by atoms with E-state index in [1.54, 1.807) is 0 Å². The van der Waals surface area contributed by atoms with Crippen molar-refractivity contribution in [2.75, 3.05) is 13.7 Å². The van der Waals surface area contributed by atoms with Crippen LogP contribution in [0.15, 0.2) is 12.1 Å². The first-order valence-electron chi connectivity index (χ1n) is 5.16. The van der Waals surface area contributed by atoms with E-state index in [0.29, 0.717) is 27.9 Å². The van der Waals surface area contributed by atoms with Crippen LogP contribution >= 0.6 is 23.2 Å². The molecule has 1 aromatic carbocycles. The van der Waals surface area contributed by atoms with E-state index in [4.69, 9.17) is 27.9 Å². The highest BCUT2D eigenvalue weighted by Crippen LogP contribution is 2.33. The van der Waals surface area contributed by atoms with E-state index in [2.05, 4.69) is 10.9 Å². The standard InChI is InChI=1S/C11H14Cl2N2O2/c1-3-4-14-15-11(16)7-5-8(12)10(17-2)9(13)6-7/h5-6,14H,3-4H2,1-2H3,(H,15,16). The van der Waals surface area contributed by atoms with Gasteiger partial charge in [-0.2, -0.15) is 0 Å². The van der Waals surface area contributed by atoms with Crippen LogP contribution in [-0.2, 0) is 0 Å². The van der Waals surface area contributed by atoms with Gasteiger partial charge in [0.25, 0.3) is 5.91 Å². The van der Waals surface area contributed by atoms with Crippen molar-refractivity contribution in [1.29, 1.82) is 0 Å². The normalized spacial score (nSPS) is 10.1. The number of amides is 1. The minimum Gasteiger partial charge on any atom is -0.494 e.